The maximum Gasteiger partial charge on any atom is 0.325 e. The molecule has 0 unspecified atom stereocenters. The Balaban J connectivity index is 2.66. The lowest BCUT2D eigenvalue weighted by atomic mass is 10.1. The van der Waals surface area contributed by atoms with Gasteiger partial charge in [0.25, 0.3) is 11.5 Å². The molecule has 2 aromatic rings. The lowest BCUT2D eigenvalue weighted by Crippen LogP contribution is -2.41. The number of carbonyl (C=O) groups is 2. The zero-order chi connectivity index (χ0) is 16.6. The van der Waals surface area contributed by atoms with Gasteiger partial charge in [0.1, 0.15) is 23.2 Å². The van der Waals surface area contributed by atoms with Gasteiger partial charge in [-0.2, -0.15) is 0 Å². The van der Waals surface area contributed by atoms with Crippen LogP contribution in [0.3, 0.4) is 0 Å². The molecule has 0 saturated carbocycles. The first-order chi connectivity index (χ1) is 10.2. The minimum Gasteiger partial charge on any atom is -0.506 e. The molecule has 116 valence electrons. The molecule has 0 aliphatic rings. The summed E-state index contributed by atoms with van der Waals surface area (Å²) in [5.74, 6) is -3.67. The number of fused-ring (bicyclic) bond motifs is 1. The Morgan fingerprint density at radius 1 is 1.36 bits per heavy atom. The summed E-state index contributed by atoms with van der Waals surface area (Å²) in [4.78, 5) is 35.0. The SMILES string of the molecule is C[C@H](NC(=O)c1c(O)c2cc(F)ccc2n(C)c1=O)C(=O)O. The highest BCUT2D eigenvalue weighted by atomic mass is 19.1. The molecule has 22 heavy (non-hydrogen) atoms. The van der Waals surface area contributed by atoms with Crippen molar-refractivity contribution in [3.8, 4) is 5.75 Å². The number of nitrogens with zero attached hydrogens (tertiary/aromatic N) is 1. The van der Waals surface area contributed by atoms with Crippen molar-refractivity contribution in [1.29, 1.82) is 0 Å². The third-order valence-electron chi connectivity index (χ3n) is 3.28. The van der Waals surface area contributed by atoms with Gasteiger partial charge in [0.05, 0.1) is 5.52 Å². The minimum absolute atomic E-state index is 0.0183. The van der Waals surface area contributed by atoms with E-state index in [0.29, 0.717) is 0 Å². The highest BCUT2D eigenvalue weighted by Crippen LogP contribution is 2.26. The standard InChI is InChI=1S/C14H13FN2O5/c1-6(14(21)22)16-12(19)10-11(18)8-5-7(15)3-4-9(8)17(2)13(10)20/h3-6,18H,1-2H3,(H,16,19)(H,21,22)/t6-/m0/s1. The summed E-state index contributed by atoms with van der Waals surface area (Å²) in [7, 11) is 1.36. The molecule has 1 aromatic heterocycles. The molecule has 7 nitrogen and oxygen atoms in total. The second-order valence-corrected chi connectivity index (χ2v) is 4.78. The first-order valence-electron chi connectivity index (χ1n) is 6.29. The van der Waals surface area contributed by atoms with Crippen LogP contribution in [0.1, 0.15) is 17.3 Å². The van der Waals surface area contributed by atoms with Gasteiger partial charge >= 0.3 is 5.97 Å². The number of rotatable bonds is 3. The summed E-state index contributed by atoms with van der Waals surface area (Å²) in [6.07, 6.45) is 0. The molecule has 0 aliphatic carbocycles. The van der Waals surface area contributed by atoms with Crippen molar-refractivity contribution >= 4 is 22.8 Å². The van der Waals surface area contributed by atoms with Crippen molar-refractivity contribution in [3.63, 3.8) is 0 Å². The summed E-state index contributed by atoms with van der Waals surface area (Å²) in [6.45, 7) is 1.21. The predicted molar refractivity (Wildman–Crippen MR) is 75.4 cm³/mol. The van der Waals surface area contributed by atoms with E-state index in [9.17, 15) is 23.9 Å². The Hall–Kier alpha value is -2.90. The van der Waals surface area contributed by atoms with E-state index in [1.165, 1.54) is 20.0 Å². The molecule has 0 bridgehead atoms. The lowest BCUT2D eigenvalue weighted by molar-refractivity contribution is -0.138. The number of benzene rings is 1. The fraction of sp³-hybridized carbons (Fsp3) is 0.214. The number of hydrogen-bond acceptors (Lipinski definition) is 4. The molecule has 1 atom stereocenters. The highest BCUT2D eigenvalue weighted by molar-refractivity contribution is 6.03. The topological polar surface area (TPSA) is 109 Å². The summed E-state index contributed by atoms with van der Waals surface area (Å²) in [5.41, 5.74) is -1.20. The minimum atomic E-state index is -1.29. The Morgan fingerprint density at radius 3 is 2.59 bits per heavy atom. The maximum atomic E-state index is 13.3. The molecular weight excluding hydrogens is 295 g/mol. The Labute approximate surface area is 123 Å². The highest BCUT2D eigenvalue weighted by Gasteiger charge is 2.24. The van der Waals surface area contributed by atoms with E-state index in [0.717, 1.165) is 16.7 Å². The van der Waals surface area contributed by atoms with E-state index < -0.39 is 40.6 Å². The van der Waals surface area contributed by atoms with Crippen LogP contribution in [0, 0.1) is 5.82 Å². The van der Waals surface area contributed by atoms with Crippen molar-refractivity contribution in [1.82, 2.24) is 9.88 Å². The van der Waals surface area contributed by atoms with Gasteiger partial charge in [-0.05, 0) is 25.1 Å². The van der Waals surface area contributed by atoms with Crippen molar-refractivity contribution in [2.24, 2.45) is 7.05 Å². The van der Waals surface area contributed by atoms with Gasteiger partial charge in [-0.3, -0.25) is 14.4 Å². The zero-order valence-corrected chi connectivity index (χ0v) is 11.8. The fourth-order valence-electron chi connectivity index (χ4n) is 2.04. The van der Waals surface area contributed by atoms with Gasteiger partial charge < -0.3 is 20.1 Å². The first-order valence-corrected chi connectivity index (χ1v) is 6.29. The molecule has 0 spiro atoms. The molecular formula is C14H13FN2O5. The second kappa shape index (κ2) is 5.47. The number of aromatic nitrogens is 1. The molecule has 0 fully saturated rings. The van der Waals surface area contributed by atoms with Crippen LogP contribution in [0.5, 0.6) is 5.75 Å². The quantitative estimate of drug-likeness (QED) is 0.769. The van der Waals surface area contributed by atoms with E-state index in [1.54, 1.807) is 0 Å². The van der Waals surface area contributed by atoms with E-state index in [1.807, 2.05) is 0 Å². The number of halogens is 1. The number of nitrogens with one attached hydrogen (secondary N) is 1. The lowest BCUT2D eigenvalue weighted by Gasteiger charge is -2.13. The first kappa shape index (κ1) is 15.5. The number of carbonyl (C=O) groups excluding carboxylic acids is 1. The summed E-state index contributed by atoms with van der Waals surface area (Å²) in [5, 5.41) is 20.9. The monoisotopic (exact) mass is 308 g/mol. The summed E-state index contributed by atoms with van der Waals surface area (Å²) >= 11 is 0. The number of aliphatic carboxylic acids is 1. The molecule has 1 heterocycles. The Bertz CT molecular complexity index is 843. The molecule has 1 aromatic carbocycles. The van der Waals surface area contributed by atoms with Crippen LogP contribution in [0.25, 0.3) is 10.9 Å². The largest absolute Gasteiger partial charge is 0.506 e. The zero-order valence-electron chi connectivity index (χ0n) is 11.8. The number of aryl methyl sites for hydroxylation is 1. The van der Waals surface area contributed by atoms with E-state index in [4.69, 9.17) is 5.11 Å². The third kappa shape index (κ3) is 2.50. The second-order valence-electron chi connectivity index (χ2n) is 4.78. The average molecular weight is 308 g/mol. The van der Waals surface area contributed by atoms with Gasteiger partial charge in [0, 0.05) is 12.4 Å². The normalized spacial score (nSPS) is 12.1. The smallest absolute Gasteiger partial charge is 0.325 e. The van der Waals surface area contributed by atoms with Crippen LogP contribution >= 0.6 is 0 Å². The van der Waals surface area contributed by atoms with Crippen molar-refractivity contribution in [2.45, 2.75) is 13.0 Å². The van der Waals surface area contributed by atoms with Crippen LogP contribution in [-0.4, -0.2) is 32.7 Å². The summed E-state index contributed by atoms with van der Waals surface area (Å²) in [6, 6.07) is 2.15. The van der Waals surface area contributed by atoms with E-state index in [-0.39, 0.29) is 10.9 Å². The fourth-order valence-corrected chi connectivity index (χ4v) is 2.04. The molecule has 1 amide bonds. The molecule has 3 N–H and O–H groups in total. The van der Waals surface area contributed by atoms with Gasteiger partial charge in [-0.1, -0.05) is 0 Å². The Morgan fingerprint density at radius 2 is 2.00 bits per heavy atom. The van der Waals surface area contributed by atoms with E-state index in [2.05, 4.69) is 5.32 Å². The van der Waals surface area contributed by atoms with Gasteiger partial charge in [-0.15, -0.1) is 0 Å². The number of pyridine rings is 1. The van der Waals surface area contributed by atoms with Crippen molar-refractivity contribution in [2.75, 3.05) is 0 Å². The number of carboxylic acid groups (broad SMARTS) is 1. The van der Waals surface area contributed by atoms with Crippen molar-refractivity contribution in [3.05, 3.63) is 39.9 Å². The number of carboxylic acids is 1. The predicted octanol–water partition coefficient (Wildman–Crippen LogP) is 0.586. The van der Waals surface area contributed by atoms with Crippen LogP contribution in [0.2, 0.25) is 0 Å². The molecule has 0 radical (unpaired) electrons. The van der Waals surface area contributed by atoms with Gasteiger partial charge in [0.2, 0.25) is 0 Å². The molecule has 0 aliphatic heterocycles. The third-order valence-corrected chi connectivity index (χ3v) is 3.28. The molecule has 2 rings (SSSR count). The summed E-state index contributed by atoms with van der Waals surface area (Å²) < 4.78 is 14.4. The number of amides is 1. The molecule has 0 saturated heterocycles. The maximum absolute atomic E-state index is 13.3. The van der Waals surface area contributed by atoms with Gasteiger partial charge in [-0.25, -0.2) is 4.39 Å². The molecule has 8 heteroatoms. The van der Waals surface area contributed by atoms with Crippen LogP contribution in [0.15, 0.2) is 23.0 Å². The average Bonchev–Trinajstić information content (AvgIpc) is 2.44. The van der Waals surface area contributed by atoms with Gasteiger partial charge in [0.15, 0.2) is 0 Å². The van der Waals surface area contributed by atoms with Crippen LogP contribution in [0.4, 0.5) is 4.39 Å². The van der Waals surface area contributed by atoms with E-state index >= 15 is 0 Å². The van der Waals surface area contributed by atoms with Crippen LogP contribution < -0.4 is 10.9 Å². The van der Waals surface area contributed by atoms with Crippen molar-refractivity contribution < 1.29 is 24.2 Å². The number of aromatic hydroxyl groups is 1. The number of hydrogen-bond donors (Lipinski definition) is 3. The Kier molecular flexibility index (Phi) is 3.85. The van der Waals surface area contributed by atoms with Crippen LogP contribution in [-0.2, 0) is 11.8 Å².